The van der Waals surface area contributed by atoms with Crippen molar-refractivity contribution in [2.24, 2.45) is 5.92 Å². The lowest BCUT2D eigenvalue weighted by Gasteiger charge is -2.19. The van der Waals surface area contributed by atoms with E-state index < -0.39 is 0 Å². The number of benzene rings is 1. The van der Waals surface area contributed by atoms with Crippen molar-refractivity contribution in [3.8, 4) is 0 Å². The fraction of sp³-hybridized carbons (Fsp3) is 0.571. The maximum absolute atomic E-state index is 10.7. The maximum Gasteiger partial charge on any atom is 0.0757 e. The van der Waals surface area contributed by atoms with Crippen LogP contribution in [0.3, 0.4) is 0 Å². The molecule has 0 bridgehead atoms. The molecular weight excluding hydrogens is 216 g/mol. The quantitative estimate of drug-likeness (QED) is 0.864. The Labute approximate surface area is 101 Å². The molecule has 16 heavy (non-hydrogen) atoms. The summed E-state index contributed by atoms with van der Waals surface area (Å²) in [5.41, 5.74) is 1.00. The van der Waals surface area contributed by atoms with Gasteiger partial charge in [-0.25, -0.2) is 0 Å². The second kappa shape index (κ2) is 3.78. The first-order valence-electron chi connectivity index (χ1n) is 6.20. The Bertz CT molecular complexity index is 403. The van der Waals surface area contributed by atoms with Crippen LogP contribution in [0.1, 0.15) is 37.7 Å². The summed E-state index contributed by atoms with van der Waals surface area (Å²) in [6, 6.07) is 8.56. The van der Waals surface area contributed by atoms with E-state index in [2.05, 4.69) is 31.2 Å². The van der Waals surface area contributed by atoms with E-state index in [1.165, 1.54) is 23.3 Å². The van der Waals surface area contributed by atoms with E-state index in [4.69, 9.17) is 0 Å². The van der Waals surface area contributed by atoms with Gasteiger partial charge in [-0.3, -0.25) is 0 Å². The molecule has 2 heteroatoms. The SMILES string of the molecule is CCCC1CC1(O)C1CSc2ccccc21. The number of thioether (sulfide) groups is 1. The fourth-order valence-corrected chi connectivity index (χ4v) is 4.41. The molecule has 3 atom stereocenters. The normalized spacial score (nSPS) is 36.1. The van der Waals surface area contributed by atoms with Gasteiger partial charge < -0.3 is 5.11 Å². The van der Waals surface area contributed by atoms with Crippen molar-refractivity contribution in [3.05, 3.63) is 29.8 Å². The van der Waals surface area contributed by atoms with Crippen LogP contribution in [0.15, 0.2) is 29.2 Å². The Morgan fingerprint density at radius 2 is 2.25 bits per heavy atom. The smallest absolute Gasteiger partial charge is 0.0757 e. The van der Waals surface area contributed by atoms with E-state index in [0.29, 0.717) is 11.8 Å². The van der Waals surface area contributed by atoms with Crippen LogP contribution in [0.25, 0.3) is 0 Å². The standard InChI is InChI=1S/C14H18OS/c1-2-5-10-8-14(10,15)12-9-16-13-7-4-3-6-11(12)13/h3-4,6-7,10,12,15H,2,5,8-9H2,1H3. The molecule has 1 heterocycles. The summed E-state index contributed by atoms with van der Waals surface area (Å²) in [6.45, 7) is 2.20. The van der Waals surface area contributed by atoms with Crippen LogP contribution in [0.5, 0.6) is 0 Å². The summed E-state index contributed by atoms with van der Waals surface area (Å²) >= 11 is 1.90. The van der Waals surface area contributed by atoms with Crippen LogP contribution in [0.2, 0.25) is 0 Å². The second-order valence-corrected chi connectivity index (χ2v) is 6.14. The lowest BCUT2D eigenvalue weighted by Crippen LogP contribution is -2.22. The summed E-state index contributed by atoms with van der Waals surface area (Å²) in [6.07, 6.45) is 3.38. The molecular formula is C14H18OS. The Morgan fingerprint density at radius 3 is 3.06 bits per heavy atom. The molecule has 3 unspecified atom stereocenters. The molecule has 0 amide bonds. The first kappa shape index (κ1) is 10.7. The fourth-order valence-electron chi connectivity index (χ4n) is 3.04. The van der Waals surface area contributed by atoms with Gasteiger partial charge in [-0.05, 0) is 30.4 Å². The van der Waals surface area contributed by atoms with Gasteiger partial charge in [-0.15, -0.1) is 11.8 Å². The molecule has 1 saturated carbocycles. The predicted molar refractivity (Wildman–Crippen MR) is 67.9 cm³/mol. The van der Waals surface area contributed by atoms with Crippen molar-refractivity contribution in [2.75, 3.05) is 5.75 Å². The zero-order valence-corrected chi connectivity index (χ0v) is 10.5. The number of aliphatic hydroxyl groups is 1. The lowest BCUT2D eigenvalue weighted by molar-refractivity contribution is 0.106. The molecule has 3 rings (SSSR count). The van der Waals surface area contributed by atoms with Crippen molar-refractivity contribution in [1.82, 2.24) is 0 Å². The molecule has 0 saturated heterocycles. The molecule has 0 aromatic heterocycles. The van der Waals surface area contributed by atoms with Crippen LogP contribution in [0, 0.1) is 5.92 Å². The predicted octanol–water partition coefficient (Wildman–Crippen LogP) is 3.43. The third kappa shape index (κ3) is 1.51. The van der Waals surface area contributed by atoms with Crippen molar-refractivity contribution in [1.29, 1.82) is 0 Å². The highest BCUT2D eigenvalue weighted by atomic mass is 32.2. The van der Waals surface area contributed by atoms with Crippen molar-refractivity contribution < 1.29 is 5.11 Å². The van der Waals surface area contributed by atoms with Crippen LogP contribution >= 0.6 is 11.8 Å². The van der Waals surface area contributed by atoms with Gasteiger partial charge in [0, 0.05) is 16.6 Å². The Hall–Kier alpha value is -0.470. The zero-order chi connectivity index (χ0) is 11.2. The maximum atomic E-state index is 10.7. The molecule has 86 valence electrons. The molecule has 1 N–H and O–H groups in total. The van der Waals surface area contributed by atoms with E-state index in [0.717, 1.165) is 12.2 Å². The number of rotatable bonds is 3. The Balaban J connectivity index is 1.84. The molecule has 1 aliphatic heterocycles. The van der Waals surface area contributed by atoms with E-state index in [9.17, 15) is 5.11 Å². The highest BCUT2D eigenvalue weighted by molar-refractivity contribution is 7.99. The van der Waals surface area contributed by atoms with Gasteiger partial charge in [0.05, 0.1) is 5.60 Å². The molecule has 2 aliphatic rings. The first-order valence-corrected chi connectivity index (χ1v) is 7.18. The molecule has 1 fully saturated rings. The average molecular weight is 234 g/mol. The zero-order valence-electron chi connectivity index (χ0n) is 9.65. The Kier molecular flexibility index (Phi) is 2.52. The van der Waals surface area contributed by atoms with E-state index in [-0.39, 0.29) is 5.60 Å². The third-order valence-corrected chi connectivity index (χ3v) is 5.24. The molecule has 1 aromatic carbocycles. The molecule has 0 radical (unpaired) electrons. The third-order valence-electron chi connectivity index (χ3n) is 4.06. The van der Waals surface area contributed by atoms with Crippen LogP contribution in [-0.2, 0) is 0 Å². The monoisotopic (exact) mass is 234 g/mol. The molecule has 0 spiro atoms. The van der Waals surface area contributed by atoms with Gasteiger partial charge in [-0.2, -0.15) is 0 Å². The lowest BCUT2D eigenvalue weighted by atomic mass is 9.91. The number of hydrogen-bond donors (Lipinski definition) is 1. The largest absolute Gasteiger partial charge is 0.389 e. The summed E-state index contributed by atoms with van der Waals surface area (Å²) < 4.78 is 0. The highest BCUT2D eigenvalue weighted by Crippen LogP contribution is 2.59. The second-order valence-electron chi connectivity index (χ2n) is 5.08. The number of fused-ring (bicyclic) bond motifs is 1. The van der Waals surface area contributed by atoms with Gasteiger partial charge in [0.2, 0.25) is 0 Å². The summed E-state index contributed by atoms with van der Waals surface area (Å²) in [5, 5.41) is 10.7. The first-order chi connectivity index (χ1) is 7.75. The van der Waals surface area contributed by atoms with Gasteiger partial charge >= 0.3 is 0 Å². The van der Waals surface area contributed by atoms with Gasteiger partial charge in [0.1, 0.15) is 0 Å². The summed E-state index contributed by atoms with van der Waals surface area (Å²) in [5.74, 6) is 2.00. The van der Waals surface area contributed by atoms with Crippen LogP contribution < -0.4 is 0 Å². The van der Waals surface area contributed by atoms with E-state index in [1.54, 1.807) is 0 Å². The van der Waals surface area contributed by atoms with Gasteiger partial charge in [0.25, 0.3) is 0 Å². The highest BCUT2D eigenvalue weighted by Gasteiger charge is 2.58. The minimum absolute atomic E-state index is 0.379. The van der Waals surface area contributed by atoms with Crippen molar-refractivity contribution >= 4 is 11.8 Å². The molecule has 1 aromatic rings. The summed E-state index contributed by atoms with van der Waals surface area (Å²) in [4.78, 5) is 1.38. The van der Waals surface area contributed by atoms with Crippen molar-refractivity contribution in [3.63, 3.8) is 0 Å². The topological polar surface area (TPSA) is 20.2 Å². The number of hydrogen-bond acceptors (Lipinski definition) is 2. The summed E-state index contributed by atoms with van der Waals surface area (Å²) in [7, 11) is 0. The average Bonchev–Trinajstić information content (AvgIpc) is 2.78. The molecule has 1 aliphatic carbocycles. The Morgan fingerprint density at radius 1 is 1.44 bits per heavy atom. The van der Waals surface area contributed by atoms with E-state index in [1.807, 2.05) is 11.8 Å². The van der Waals surface area contributed by atoms with Crippen LogP contribution in [-0.4, -0.2) is 16.5 Å². The van der Waals surface area contributed by atoms with Crippen molar-refractivity contribution in [2.45, 2.75) is 42.6 Å². The van der Waals surface area contributed by atoms with Gasteiger partial charge in [-0.1, -0.05) is 31.5 Å². The van der Waals surface area contributed by atoms with Gasteiger partial charge in [0.15, 0.2) is 0 Å². The minimum atomic E-state index is -0.379. The van der Waals surface area contributed by atoms with E-state index >= 15 is 0 Å². The molecule has 1 nitrogen and oxygen atoms in total. The minimum Gasteiger partial charge on any atom is -0.389 e. The van der Waals surface area contributed by atoms with Crippen LogP contribution in [0.4, 0.5) is 0 Å².